The summed E-state index contributed by atoms with van der Waals surface area (Å²) in [5.74, 6) is -1.01. The minimum Gasteiger partial charge on any atom is -0.495 e. The molecule has 8 nitrogen and oxygen atoms in total. The number of hydrogen-bond acceptors (Lipinski definition) is 6. The number of benzene rings is 2. The first-order valence-corrected chi connectivity index (χ1v) is 12.3. The number of Topliss-reactive ketones (excluding diaryl/α,β-unsaturated/α-hetero) is 1. The molecule has 0 amide bonds. The first-order valence-electron chi connectivity index (χ1n) is 11.9. The number of hydrogen-bond donors (Lipinski definition) is 1. The van der Waals surface area contributed by atoms with E-state index in [0.29, 0.717) is 33.0 Å². The van der Waals surface area contributed by atoms with E-state index in [1.807, 2.05) is 20.8 Å². The van der Waals surface area contributed by atoms with Crippen LogP contribution in [0.5, 0.6) is 5.75 Å². The summed E-state index contributed by atoms with van der Waals surface area (Å²) in [4.78, 5) is 38.0. The van der Waals surface area contributed by atoms with Crippen LogP contribution in [0.15, 0.2) is 59.5 Å². The highest BCUT2D eigenvalue weighted by atomic mass is 35.5. The van der Waals surface area contributed by atoms with Gasteiger partial charge in [-0.2, -0.15) is 5.26 Å². The molecular formula is C29H29ClN2O6. The standard InChI is InChI=1S/C29H29ClN2O6/c1-29(2,3)38-12-11-24(25(33)13-18-5-7-19(8-6-18)28(35)36)32-17-26(37-4)23(15-27(32)34)22-14-21(30)10-9-20(22)16-31/h5-10,14-15,17,24H,11-13H2,1-4H3,(H,35,36). The summed E-state index contributed by atoms with van der Waals surface area (Å²) in [5.41, 5.74) is 0.989. The molecule has 0 aliphatic carbocycles. The molecule has 3 aromatic rings. The van der Waals surface area contributed by atoms with Gasteiger partial charge in [-0.05, 0) is 63.1 Å². The lowest BCUT2D eigenvalue weighted by molar-refractivity contribution is -0.122. The van der Waals surface area contributed by atoms with Crippen molar-refractivity contribution in [3.8, 4) is 22.9 Å². The number of aromatic nitrogens is 1. The van der Waals surface area contributed by atoms with E-state index < -0.39 is 23.2 Å². The maximum absolute atomic E-state index is 13.5. The number of nitrogens with zero attached hydrogens (tertiary/aromatic N) is 2. The molecule has 1 atom stereocenters. The maximum atomic E-state index is 13.5. The Morgan fingerprint density at radius 1 is 1.11 bits per heavy atom. The van der Waals surface area contributed by atoms with Gasteiger partial charge in [-0.1, -0.05) is 23.7 Å². The fourth-order valence-corrected chi connectivity index (χ4v) is 4.17. The molecule has 1 heterocycles. The average molecular weight is 537 g/mol. The van der Waals surface area contributed by atoms with Crippen molar-refractivity contribution in [1.82, 2.24) is 4.57 Å². The van der Waals surface area contributed by atoms with E-state index in [0.717, 1.165) is 0 Å². The molecule has 1 unspecified atom stereocenters. The lowest BCUT2D eigenvalue weighted by Gasteiger charge is -2.24. The summed E-state index contributed by atoms with van der Waals surface area (Å²) in [7, 11) is 1.44. The van der Waals surface area contributed by atoms with Crippen molar-refractivity contribution >= 4 is 23.4 Å². The minimum atomic E-state index is -1.06. The van der Waals surface area contributed by atoms with E-state index in [4.69, 9.17) is 26.2 Å². The fourth-order valence-electron chi connectivity index (χ4n) is 4.00. The Kier molecular flexibility index (Phi) is 9.10. The first kappa shape index (κ1) is 28.6. The van der Waals surface area contributed by atoms with Crippen LogP contribution in [0.4, 0.5) is 0 Å². The Hall–Kier alpha value is -3.93. The second kappa shape index (κ2) is 12.1. The second-order valence-electron chi connectivity index (χ2n) is 9.71. The van der Waals surface area contributed by atoms with Crippen LogP contribution in [-0.2, 0) is 16.0 Å². The van der Waals surface area contributed by atoms with Gasteiger partial charge in [-0.3, -0.25) is 9.59 Å². The van der Waals surface area contributed by atoms with Crippen LogP contribution in [0.3, 0.4) is 0 Å². The van der Waals surface area contributed by atoms with Crippen molar-refractivity contribution < 1.29 is 24.2 Å². The molecule has 3 rings (SSSR count). The number of rotatable bonds is 10. The monoisotopic (exact) mass is 536 g/mol. The number of halogens is 1. The van der Waals surface area contributed by atoms with Crippen LogP contribution in [-0.4, -0.2) is 40.7 Å². The lowest BCUT2D eigenvalue weighted by atomic mass is 9.98. The van der Waals surface area contributed by atoms with E-state index in [1.165, 1.54) is 36.1 Å². The highest BCUT2D eigenvalue weighted by Crippen LogP contribution is 2.33. The number of pyridine rings is 1. The second-order valence-corrected chi connectivity index (χ2v) is 10.1. The molecule has 9 heteroatoms. The molecule has 1 N–H and O–H groups in total. The number of carbonyl (C=O) groups excluding carboxylic acids is 1. The van der Waals surface area contributed by atoms with E-state index in [9.17, 15) is 19.6 Å². The van der Waals surface area contributed by atoms with E-state index in [2.05, 4.69) is 6.07 Å². The maximum Gasteiger partial charge on any atom is 0.335 e. The van der Waals surface area contributed by atoms with Gasteiger partial charge in [0.05, 0.1) is 42.1 Å². The number of carbonyl (C=O) groups is 2. The summed E-state index contributed by atoms with van der Waals surface area (Å²) in [5, 5.41) is 19.1. The highest BCUT2D eigenvalue weighted by molar-refractivity contribution is 6.31. The molecule has 0 radical (unpaired) electrons. The van der Waals surface area contributed by atoms with Crippen LogP contribution in [0.25, 0.3) is 11.1 Å². The molecule has 0 bridgehead atoms. The average Bonchev–Trinajstić information content (AvgIpc) is 2.86. The predicted molar refractivity (Wildman–Crippen MR) is 144 cm³/mol. The first-order chi connectivity index (χ1) is 17.9. The SMILES string of the molecule is COc1cn(C(CCOC(C)(C)C)C(=O)Cc2ccc(C(=O)O)cc2)c(=O)cc1-c1cc(Cl)ccc1C#N. The largest absolute Gasteiger partial charge is 0.495 e. The van der Waals surface area contributed by atoms with Crippen LogP contribution >= 0.6 is 11.6 Å². The Morgan fingerprint density at radius 3 is 2.37 bits per heavy atom. The quantitative estimate of drug-likeness (QED) is 0.373. The molecule has 2 aromatic carbocycles. The minimum absolute atomic E-state index is 0.0105. The molecule has 0 fully saturated rings. The number of methoxy groups -OCH3 is 1. The van der Waals surface area contributed by atoms with Crippen molar-refractivity contribution in [3.05, 3.63) is 86.8 Å². The Labute approximate surface area is 226 Å². The summed E-state index contributed by atoms with van der Waals surface area (Å²) in [6.07, 6.45) is 1.68. The molecule has 1 aromatic heterocycles. The normalized spacial score (nSPS) is 12.0. The zero-order valence-corrected chi connectivity index (χ0v) is 22.4. The van der Waals surface area contributed by atoms with Gasteiger partial charge in [0.25, 0.3) is 5.56 Å². The number of carboxylic acid groups (broad SMARTS) is 1. The fraction of sp³-hybridized carbons (Fsp3) is 0.310. The molecule has 38 heavy (non-hydrogen) atoms. The van der Waals surface area contributed by atoms with Crippen LogP contribution in [0.2, 0.25) is 5.02 Å². The third-order valence-electron chi connectivity index (χ3n) is 5.87. The summed E-state index contributed by atoms with van der Waals surface area (Å²) < 4.78 is 12.7. The smallest absolute Gasteiger partial charge is 0.335 e. The zero-order chi connectivity index (χ0) is 28.0. The van der Waals surface area contributed by atoms with Crippen molar-refractivity contribution in [2.45, 2.75) is 45.3 Å². The molecular weight excluding hydrogens is 508 g/mol. The molecule has 0 aliphatic heterocycles. The molecule has 0 aliphatic rings. The van der Waals surface area contributed by atoms with Gasteiger partial charge in [0.2, 0.25) is 0 Å². The van der Waals surface area contributed by atoms with Crippen LogP contribution in [0.1, 0.15) is 54.7 Å². The van der Waals surface area contributed by atoms with E-state index >= 15 is 0 Å². The number of aromatic carboxylic acids is 1. The van der Waals surface area contributed by atoms with Gasteiger partial charge in [-0.15, -0.1) is 0 Å². The van der Waals surface area contributed by atoms with Gasteiger partial charge in [0.15, 0.2) is 5.78 Å². The van der Waals surface area contributed by atoms with Crippen molar-refractivity contribution in [2.75, 3.05) is 13.7 Å². The van der Waals surface area contributed by atoms with Crippen LogP contribution in [0, 0.1) is 11.3 Å². The van der Waals surface area contributed by atoms with Crippen LogP contribution < -0.4 is 10.3 Å². The van der Waals surface area contributed by atoms with Gasteiger partial charge in [0, 0.05) is 35.2 Å². The zero-order valence-electron chi connectivity index (χ0n) is 21.7. The van der Waals surface area contributed by atoms with Crippen molar-refractivity contribution in [1.29, 1.82) is 5.26 Å². The number of nitriles is 1. The summed E-state index contributed by atoms with van der Waals surface area (Å²) in [6, 6.07) is 13.3. The Balaban J connectivity index is 2.03. The van der Waals surface area contributed by atoms with Gasteiger partial charge >= 0.3 is 5.97 Å². The third kappa shape index (κ3) is 7.09. The Morgan fingerprint density at radius 2 is 1.79 bits per heavy atom. The molecule has 198 valence electrons. The summed E-state index contributed by atoms with van der Waals surface area (Å²) in [6.45, 7) is 5.92. The summed E-state index contributed by atoms with van der Waals surface area (Å²) >= 11 is 6.16. The number of ketones is 1. The highest BCUT2D eigenvalue weighted by Gasteiger charge is 2.25. The number of carboxylic acids is 1. The van der Waals surface area contributed by atoms with Gasteiger partial charge < -0.3 is 19.1 Å². The van der Waals surface area contributed by atoms with Crippen molar-refractivity contribution in [3.63, 3.8) is 0 Å². The lowest BCUT2D eigenvalue weighted by Crippen LogP contribution is -2.32. The molecule has 0 spiro atoms. The van der Waals surface area contributed by atoms with Gasteiger partial charge in [0.1, 0.15) is 5.75 Å². The van der Waals surface area contributed by atoms with Crippen molar-refractivity contribution in [2.24, 2.45) is 0 Å². The van der Waals surface area contributed by atoms with E-state index in [-0.39, 0.29) is 30.8 Å². The van der Waals surface area contributed by atoms with Gasteiger partial charge in [-0.25, -0.2) is 4.79 Å². The topological polar surface area (TPSA) is 119 Å². The molecule has 0 saturated carbocycles. The van der Waals surface area contributed by atoms with E-state index in [1.54, 1.807) is 30.3 Å². The number of ether oxygens (including phenoxy) is 2. The Bertz CT molecular complexity index is 1430. The molecule has 0 saturated heterocycles. The predicted octanol–water partition coefficient (Wildman–Crippen LogP) is 5.31. The third-order valence-corrected chi connectivity index (χ3v) is 6.10.